The van der Waals surface area contributed by atoms with Crippen molar-refractivity contribution in [2.24, 2.45) is 5.92 Å². The fourth-order valence-electron chi connectivity index (χ4n) is 3.38. The molecule has 0 aromatic heterocycles. The molecule has 2 heterocycles. The third kappa shape index (κ3) is 4.46. The van der Waals surface area contributed by atoms with Crippen molar-refractivity contribution in [2.45, 2.75) is 31.2 Å². The number of hydrogen-bond acceptors (Lipinski definition) is 4. The summed E-state index contributed by atoms with van der Waals surface area (Å²) in [7, 11) is 1.66. The van der Waals surface area contributed by atoms with Crippen molar-refractivity contribution in [3.63, 3.8) is 0 Å². The summed E-state index contributed by atoms with van der Waals surface area (Å²) in [5.41, 5.74) is 1.12. The van der Waals surface area contributed by atoms with Gasteiger partial charge in [-0.25, -0.2) is 4.39 Å². The summed E-state index contributed by atoms with van der Waals surface area (Å²) in [6, 6.07) is 13.9. The Morgan fingerprint density at radius 2 is 1.75 bits per heavy atom. The molecule has 2 aliphatic heterocycles. The van der Waals surface area contributed by atoms with E-state index in [-0.39, 0.29) is 30.0 Å². The zero-order chi connectivity index (χ0) is 19.3. The Morgan fingerprint density at radius 3 is 2.43 bits per heavy atom. The van der Waals surface area contributed by atoms with Gasteiger partial charge in [-0.1, -0.05) is 24.0 Å². The fourth-order valence-corrected chi connectivity index (χ4v) is 3.38. The number of benzene rings is 2. The van der Waals surface area contributed by atoms with Crippen LogP contribution in [-0.2, 0) is 9.47 Å². The van der Waals surface area contributed by atoms with Gasteiger partial charge in [0.15, 0.2) is 0 Å². The summed E-state index contributed by atoms with van der Waals surface area (Å²) in [5.74, 6) is 7.98. The topological polar surface area (TPSA) is 36.9 Å². The number of methoxy groups -OCH3 is 1. The molecular formula is C23H23FO4. The molecule has 2 aromatic rings. The summed E-state index contributed by atoms with van der Waals surface area (Å²) in [6.45, 7) is 1.10. The second-order valence-electron chi connectivity index (χ2n) is 7.01. The van der Waals surface area contributed by atoms with Crippen LogP contribution in [0, 0.1) is 23.6 Å². The maximum Gasteiger partial charge on any atom is 0.123 e. The molecule has 28 heavy (non-hydrogen) atoms. The minimum Gasteiger partial charge on any atom is -0.497 e. The fraction of sp³-hybridized carbons (Fsp3) is 0.391. The molecule has 0 aliphatic carbocycles. The van der Waals surface area contributed by atoms with Crippen LogP contribution in [0.1, 0.15) is 24.5 Å². The Kier molecular flexibility index (Phi) is 5.80. The molecule has 0 saturated carbocycles. The minimum absolute atomic E-state index is 0.0115. The predicted octanol–water partition coefficient (Wildman–Crippen LogP) is 4.15. The van der Waals surface area contributed by atoms with Crippen molar-refractivity contribution in [2.75, 3.05) is 20.3 Å². The van der Waals surface area contributed by atoms with Gasteiger partial charge in [0, 0.05) is 0 Å². The van der Waals surface area contributed by atoms with Crippen molar-refractivity contribution < 1.29 is 23.3 Å². The molecule has 4 rings (SSSR count). The molecule has 146 valence electrons. The van der Waals surface area contributed by atoms with Crippen molar-refractivity contribution in [3.05, 3.63) is 59.9 Å². The van der Waals surface area contributed by atoms with Crippen LogP contribution in [0.3, 0.4) is 0 Å². The molecule has 4 atom stereocenters. The van der Waals surface area contributed by atoms with E-state index in [0.717, 1.165) is 24.2 Å². The monoisotopic (exact) mass is 382 g/mol. The lowest BCUT2D eigenvalue weighted by molar-refractivity contribution is -0.0915. The SMILES string of the molecule is COc1ccc(C2OCC2C#CC2CC[C@@H](COc3ccc(F)cc3)O2)cc1. The van der Waals surface area contributed by atoms with Gasteiger partial charge in [0.05, 0.1) is 31.8 Å². The molecular weight excluding hydrogens is 359 g/mol. The highest BCUT2D eigenvalue weighted by atomic mass is 19.1. The van der Waals surface area contributed by atoms with Gasteiger partial charge in [-0.2, -0.15) is 0 Å². The molecule has 2 saturated heterocycles. The molecule has 0 N–H and O–H groups in total. The van der Waals surface area contributed by atoms with Crippen molar-refractivity contribution in [3.8, 4) is 23.3 Å². The largest absolute Gasteiger partial charge is 0.497 e. The summed E-state index contributed by atoms with van der Waals surface area (Å²) >= 11 is 0. The molecule has 2 aromatic carbocycles. The van der Waals surface area contributed by atoms with Crippen molar-refractivity contribution in [1.29, 1.82) is 0 Å². The highest BCUT2D eigenvalue weighted by Gasteiger charge is 2.32. The standard InChI is InChI=1S/C23H23FO4/c1-25-19-7-2-16(3-8-19)23-17(14-27-23)4-9-21-12-13-22(28-21)15-26-20-10-5-18(24)6-11-20/h2-3,5-8,10-11,17,21-23H,12-15H2,1H3/t17?,21?,22-,23?/m0/s1. The van der Waals surface area contributed by atoms with Gasteiger partial charge < -0.3 is 18.9 Å². The number of hydrogen-bond donors (Lipinski definition) is 0. The first-order chi connectivity index (χ1) is 13.7. The Balaban J connectivity index is 1.26. The first-order valence-corrected chi connectivity index (χ1v) is 9.52. The summed E-state index contributed by atoms with van der Waals surface area (Å²) < 4.78 is 35.5. The van der Waals surface area contributed by atoms with E-state index in [0.29, 0.717) is 19.0 Å². The van der Waals surface area contributed by atoms with Crippen LogP contribution in [0.5, 0.6) is 11.5 Å². The van der Waals surface area contributed by atoms with Gasteiger partial charge in [-0.15, -0.1) is 0 Å². The lowest BCUT2D eigenvalue weighted by Crippen LogP contribution is -2.31. The van der Waals surface area contributed by atoms with Gasteiger partial charge >= 0.3 is 0 Å². The first kappa shape index (κ1) is 18.8. The van der Waals surface area contributed by atoms with Crippen LogP contribution in [0.2, 0.25) is 0 Å². The molecule has 2 aliphatic rings. The third-order valence-corrected chi connectivity index (χ3v) is 5.05. The van der Waals surface area contributed by atoms with Crippen molar-refractivity contribution >= 4 is 0 Å². The average Bonchev–Trinajstić information content (AvgIpc) is 3.15. The van der Waals surface area contributed by atoms with E-state index in [1.54, 1.807) is 19.2 Å². The van der Waals surface area contributed by atoms with E-state index >= 15 is 0 Å². The van der Waals surface area contributed by atoms with E-state index in [2.05, 4.69) is 11.8 Å². The number of ether oxygens (including phenoxy) is 4. The summed E-state index contributed by atoms with van der Waals surface area (Å²) in [4.78, 5) is 0. The lowest BCUT2D eigenvalue weighted by atomic mass is 9.92. The molecule has 4 nitrogen and oxygen atoms in total. The molecule has 0 bridgehead atoms. The van der Waals surface area contributed by atoms with E-state index in [1.807, 2.05) is 24.3 Å². The van der Waals surface area contributed by atoms with Gasteiger partial charge in [-0.05, 0) is 54.8 Å². The van der Waals surface area contributed by atoms with E-state index < -0.39 is 0 Å². The Hall–Kier alpha value is -2.55. The zero-order valence-corrected chi connectivity index (χ0v) is 15.8. The number of rotatable bonds is 5. The van der Waals surface area contributed by atoms with Crippen LogP contribution in [-0.4, -0.2) is 32.5 Å². The smallest absolute Gasteiger partial charge is 0.123 e. The molecule has 0 radical (unpaired) electrons. The van der Waals surface area contributed by atoms with Crippen LogP contribution in [0.4, 0.5) is 4.39 Å². The predicted molar refractivity (Wildman–Crippen MR) is 103 cm³/mol. The van der Waals surface area contributed by atoms with Crippen molar-refractivity contribution in [1.82, 2.24) is 0 Å². The lowest BCUT2D eigenvalue weighted by Gasteiger charge is -2.33. The van der Waals surface area contributed by atoms with Gasteiger partial charge in [-0.3, -0.25) is 0 Å². The van der Waals surface area contributed by atoms with E-state index in [9.17, 15) is 4.39 Å². The highest BCUT2D eigenvalue weighted by Crippen LogP contribution is 2.35. The minimum atomic E-state index is -0.271. The molecule has 3 unspecified atom stereocenters. The second-order valence-corrected chi connectivity index (χ2v) is 7.01. The summed E-state index contributed by atoms with van der Waals surface area (Å²) in [5, 5.41) is 0. The molecule has 5 heteroatoms. The average molecular weight is 382 g/mol. The maximum atomic E-state index is 12.9. The molecule has 0 amide bonds. The van der Waals surface area contributed by atoms with Gasteiger partial charge in [0.2, 0.25) is 0 Å². The molecule has 2 fully saturated rings. The zero-order valence-electron chi connectivity index (χ0n) is 15.8. The first-order valence-electron chi connectivity index (χ1n) is 9.52. The van der Waals surface area contributed by atoms with Gasteiger partial charge in [0.25, 0.3) is 0 Å². The van der Waals surface area contributed by atoms with Gasteiger partial charge in [0.1, 0.15) is 30.0 Å². The normalized spacial score (nSPS) is 26.1. The van der Waals surface area contributed by atoms with E-state index in [4.69, 9.17) is 18.9 Å². The Bertz CT molecular complexity index is 838. The van der Waals surface area contributed by atoms with Crippen LogP contribution in [0.15, 0.2) is 48.5 Å². The Labute approximate surface area is 164 Å². The third-order valence-electron chi connectivity index (χ3n) is 5.05. The van der Waals surface area contributed by atoms with Crippen LogP contribution in [0.25, 0.3) is 0 Å². The highest BCUT2D eigenvalue weighted by molar-refractivity contribution is 5.31. The van der Waals surface area contributed by atoms with Crippen LogP contribution < -0.4 is 9.47 Å². The Morgan fingerprint density at radius 1 is 1.00 bits per heavy atom. The van der Waals surface area contributed by atoms with E-state index in [1.165, 1.54) is 12.1 Å². The number of halogens is 1. The second kappa shape index (κ2) is 8.64. The quantitative estimate of drug-likeness (QED) is 0.728. The summed E-state index contributed by atoms with van der Waals surface area (Å²) in [6.07, 6.45) is 1.75. The maximum absolute atomic E-state index is 12.9. The molecule has 0 spiro atoms. The van der Waals surface area contributed by atoms with Crippen LogP contribution >= 0.6 is 0 Å².